The summed E-state index contributed by atoms with van der Waals surface area (Å²) in [5.74, 6) is 0.696. The van der Waals surface area contributed by atoms with Crippen LogP contribution in [0, 0.1) is 6.92 Å². The van der Waals surface area contributed by atoms with Gasteiger partial charge in [0.15, 0.2) is 0 Å². The van der Waals surface area contributed by atoms with E-state index in [2.05, 4.69) is 15.4 Å². The Labute approximate surface area is 158 Å². The van der Waals surface area contributed by atoms with Gasteiger partial charge in [-0.05, 0) is 49.9 Å². The van der Waals surface area contributed by atoms with Gasteiger partial charge >= 0.3 is 0 Å². The van der Waals surface area contributed by atoms with Gasteiger partial charge in [0.05, 0.1) is 30.9 Å². The molecule has 0 radical (unpaired) electrons. The van der Waals surface area contributed by atoms with Crippen molar-refractivity contribution in [3.63, 3.8) is 0 Å². The molecule has 0 saturated heterocycles. The van der Waals surface area contributed by atoms with E-state index < -0.39 is 0 Å². The number of aromatic nitrogens is 3. The molecule has 1 fully saturated rings. The Bertz CT molecular complexity index is 976. The fourth-order valence-electron chi connectivity index (χ4n) is 2.95. The summed E-state index contributed by atoms with van der Waals surface area (Å²) in [6, 6.07) is 8.03. The monoisotopic (exact) mass is 362 g/mol. The van der Waals surface area contributed by atoms with E-state index in [1.807, 2.05) is 44.3 Å². The second-order valence-electron chi connectivity index (χ2n) is 6.76. The van der Waals surface area contributed by atoms with Crippen LogP contribution in [-0.4, -0.2) is 33.3 Å². The molecule has 0 aliphatic heterocycles. The smallest absolute Gasteiger partial charge is 0.251 e. The van der Waals surface area contributed by atoms with E-state index >= 15 is 0 Å². The van der Waals surface area contributed by atoms with E-state index in [4.69, 9.17) is 4.74 Å². The van der Waals surface area contributed by atoms with Gasteiger partial charge in [0.2, 0.25) is 0 Å². The lowest BCUT2D eigenvalue weighted by Gasteiger charge is -2.08. The van der Waals surface area contributed by atoms with Gasteiger partial charge in [-0.15, -0.1) is 0 Å². The van der Waals surface area contributed by atoms with E-state index in [1.54, 1.807) is 23.3 Å². The topological polar surface area (TPSA) is 69.0 Å². The molecule has 6 heteroatoms. The van der Waals surface area contributed by atoms with Crippen LogP contribution in [-0.2, 0) is 0 Å². The number of carbonyl (C=O) groups is 1. The van der Waals surface area contributed by atoms with Crippen LogP contribution in [0.4, 0.5) is 0 Å². The van der Waals surface area contributed by atoms with Crippen LogP contribution in [0.25, 0.3) is 16.8 Å². The van der Waals surface area contributed by atoms with E-state index in [-0.39, 0.29) is 5.91 Å². The summed E-state index contributed by atoms with van der Waals surface area (Å²) < 4.78 is 7.27. The SMILES string of the molecule is CCOc1cncc(-n2cc(-c3cc(C(=O)NC4CC4)ccc3C)cn2)c1. The first-order chi connectivity index (χ1) is 13.1. The molecule has 2 aromatic heterocycles. The highest BCUT2D eigenvalue weighted by Crippen LogP contribution is 2.26. The van der Waals surface area contributed by atoms with Gasteiger partial charge in [-0.2, -0.15) is 5.10 Å². The van der Waals surface area contributed by atoms with Crippen LogP contribution < -0.4 is 10.1 Å². The van der Waals surface area contributed by atoms with Crippen molar-refractivity contribution in [1.82, 2.24) is 20.1 Å². The number of hydrogen-bond acceptors (Lipinski definition) is 4. The zero-order chi connectivity index (χ0) is 18.8. The molecule has 0 atom stereocenters. The number of amides is 1. The Balaban J connectivity index is 1.62. The molecule has 1 aliphatic carbocycles. The van der Waals surface area contributed by atoms with Gasteiger partial charge in [-0.25, -0.2) is 4.68 Å². The minimum Gasteiger partial charge on any atom is -0.492 e. The lowest BCUT2D eigenvalue weighted by atomic mass is 10.0. The van der Waals surface area contributed by atoms with Crippen LogP contribution >= 0.6 is 0 Å². The van der Waals surface area contributed by atoms with Gasteiger partial charge in [0.25, 0.3) is 5.91 Å². The van der Waals surface area contributed by atoms with E-state index in [9.17, 15) is 4.79 Å². The Hall–Kier alpha value is -3.15. The highest BCUT2D eigenvalue weighted by atomic mass is 16.5. The van der Waals surface area contributed by atoms with Crippen molar-refractivity contribution in [2.45, 2.75) is 32.7 Å². The highest BCUT2D eigenvalue weighted by molar-refractivity contribution is 5.96. The zero-order valence-corrected chi connectivity index (χ0v) is 15.5. The molecule has 1 aromatic carbocycles. The summed E-state index contributed by atoms with van der Waals surface area (Å²) in [6.45, 7) is 4.56. The fourth-order valence-corrected chi connectivity index (χ4v) is 2.95. The molecule has 4 rings (SSSR count). The van der Waals surface area contributed by atoms with Crippen molar-refractivity contribution < 1.29 is 9.53 Å². The Morgan fingerprint density at radius 1 is 1.26 bits per heavy atom. The minimum atomic E-state index is -0.0141. The number of pyridine rings is 1. The standard InChI is InChI=1S/C21H22N4O2/c1-3-27-19-9-18(11-22-12-19)25-13-16(10-23-25)20-8-15(5-4-14(20)2)21(26)24-17-6-7-17/h4-5,8-13,17H,3,6-7H2,1-2H3,(H,24,26). The zero-order valence-electron chi connectivity index (χ0n) is 15.5. The molecule has 1 aliphatic rings. The summed E-state index contributed by atoms with van der Waals surface area (Å²) >= 11 is 0. The first-order valence-corrected chi connectivity index (χ1v) is 9.19. The van der Waals surface area contributed by atoms with Gasteiger partial charge in [-0.3, -0.25) is 9.78 Å². The Morgan fingerprint density at radius 2 is 2.11 bits per heavy atom. The summed E-state index contributed by atoms with van der Waals surface area (Å²) in [4.78, 5) is 16.6. The normalized spacial score (nSPS) is 13.4. The summed E-state index contributed by atoms with van der Waals surface area (Å²) in [6.07, 6.45) is 9.32. The van der Waals surface area contributed by atoms with Crippen LogP contribution in [0.3, 0.4) is 0 Å². The number of aryl methyl sites for hydroxylation is 1. The van der Waals surface area contributed by atoms with E-state index in [0.29, 0.717) is 24.0 Å². The second kappa shape index (κ2) is 7.23. The van der Waals surface area contributed by atoms with Gasteiger partial charge in [0, 0.05) is 29.4 Å². The van der Waals surface area contributed by atoms with Crippen molar-refractivity contribution in [2.75, 3.05) is 6.61 Å². The molecule has 3 aromatic rings. The molecule has 0 bridgehead atoms. The average molecular weight is 362 g/mol. The largest absolute Gasteiger partial charge is 0.492 e. The van der Waals surface area contributed by atoms with Crippen molar-refractivity contribution >= 4 is 5.91 Å². The third-order valence-corrected chi connectivity index (χ3v) is 4.58. The highest BCUT2D eigenvalue weighted by Gasteiger charge is 2.24. The lowest BCUT2D eigenvalue weighted by molar-refractivity contribution is 0.0951. The number of carbonyl (C=O) groups excluding carboxylic acids is 1. The van der Waals surface area contributed by atoms with Gasteiger partial charge in [0.1, 0.15) is 5.75 Å². The molecule has 138 valence electrons. The molecule has 1 N–H and O–H groups in total. The summed E-state index contributed by atoms with van der Waals surface area (Å²) in [5, 5.41) is 7.49. The summed E-state index contributed by atoms with van der Waals surface area (Å²) in [7, 11) is 0. The Kier molecular flexibility index (Phi) is 4.62. The first-order valence-electron chi connectivity index (χ1n) is 9.19. The molecule has 2 heterocycles. The molecule has 1 amide bonds. The van der Waals surface area contributed by atoms with Gasteiger partial charge in [-0.1, -0.05) is 6.07 Å². The maximum atomic E-state index is 12.4. The number of hydrogen-bond donors (Lipinski definition) is 1. The summed E-state index contributed by atoms with van der Waals surface area (Å²) in [5.41, 5.74) is 4.55. The average Bonchev–Trinajstić information content (AvgIpc) is 3.35. The predicted molar refractivity (Wildman–Crippen MR) is 103 cm³/mol. The fraction of sp³-hybridized carbons (Fsp3) is 0.286. The van der Waals surface area contributed by atoms with Crippen molar-refractivity contribution in [1.29, 1.82) is 0 Å². The van der Waals surface area contributed by atoms with Crippen LogP contribution in [0.5, 0.6) is 5.75 Å². The molecular weight excluding hydrogens is 340 g/mol. The molecule has 6 nitrogen and oxygen atoms in total. The maximum Gasteiger partial charge on any atom is 0.251 e. The number of nitrogens with zero attached hydrogens (tertiary/aromatic N) is 3. The number of rotatable bonds is 6. The molecule has 1 saturated carbocycles. The third kappa shape index (κ3) is 3.84. The quantitative estimate of drug-likeness (QED) is 0.728. The predicted octanol–water partition coefficient (Wildman–Crippen LogP) is 3.53. The molecular formula is C21H22N4O2. The van der Waals surface area contributed by atoms with Crippen LogP contribution in [0.2, 0.25) is 0 Å². The van der Waals surface area contributed by atoms with E-state index in [0.717, 1.165) is 35.2 Å². The number of ether oxygens (including phenoxy) is 1. The minimum absolute atomic E-state index is 0.0141. The van der Waals surface area contributed by atoms with Crippen LogP contribution in [0.1, 0.15) is 35.7 Å². The Morgan fingerprint density at radius 3 is 2.89 bits per heavy atom. The maximum absolute atomic E-state index is 12.4. The van der Waals surface area contributed by atoms with Crippen molar-refractivity contribution in [3.05, 3.63) is 60.2 Å². The van der Waals surface area contributed by atoms with Gasteiger partial charge < -0.3 is 10.1 Å². The molecule has 0 spiro atoms. The molecule has 0 unspecified atom stereocenters. The lowest BCUT2D eigenvalue weighted by Crippen LogP contribution is -2.25. The molecule has 27 heavy (non-hydrogen) atoms. The second-order valence-corrected chi connectivity index (χ2v) is 6.76. The first kappa shape index (κ1) is 17.3. The van der Waals surface area contributed by atoms with Crippen molar-refractivity contribution in [2.24, 2.45) is 0 Å². The number of nitrogens with one attached hydrogen (secondary N) is 1. The number of benzene rings is 1. The van der Waals surface area contributed by atoms with Crippen LogP contribution in [0.15, 0.2) is 49.1 Å². The van der Waals surface area contributed by atoms with E-state index in [1.165, 1.54) is 0 Å². The third-order valence-electron chi connectivity index (χ3n) is 4.58. The van der Waals surface area contributed by atoms with Crippen molar-refractivity contribution in [3.8, 4) is 22.6 Å².